The average Bonchev–Trinajstić information content (AvgIpc) is 1.65. The Morgan fingerprint density at radius 1 is 0.337 bits per heavy atom. The number of para-hydroxylation sites is 7. The van der Waals surface area contributed by atoms with Crippen LogP contribution in [0.4, 0.5) is 51.2 Å². The molecule has 1 aliphatic heterocycles. The molecule has 0 saturated carbocycles. The fourth-order valence-corrected chi connectivity index (χ4v) is 14.5. The first-order valence-electron chi connectivity index (χ1n) is 29.0. The van der Waals surface area contributed by atoms with Crippen molar-refractivity contribution in [1.29, 1.82) is 10.5 Å². The maximum absolute atomic E-state index is 10.2. The molecule has 0 saturated heterocycles. The van der Waals surface area contributed by atoms with Crippen molar-refractivity contribution < 1.29 is 8.83 Å². The second-order valence-electron chi connectivity index (χ2n) is 22.6. The highest BCUT2D eigenvalue weighted by molar-refractivity contribution is 6.21. The number of furan rings is 2. The van der Waals surface area contributed by atoms with Gasteiger partial charge in [-0.05, 0) is 166 Å². The van der Waals surface area contributed by atoms with Gasteiger partial charge in [-0.2, -0.15) is 10.5 Å². The smallest absolute Gasteiger partial charge is 0.159 e. The summed E-state index contributed by atoms with van der Waals surface area (Å²) in [5.74, 6) is 0. The van der Waals surface area contributed by atoms with Gasteiger partial charge in [0.1, 0.15) is 11.2 Å². The standard InChI is InChI=1S/C79H49N5O2/c1-48-18-14-26-59-61-28-16-34-69(77(61)85-75(48)59)83(53-40-36-50(46-80)37-41-53)71-44-65-73(57-24-8-6-22-55(57)71)74-58-25-9-7-23-56(58)72(84(54-42-38-51(47-81)39-43-54)70-35-17-29-62-60-27-15-19-49(2)76(60)86-78(62)70)45-66(74)79(65)63-30-10-12-32-67(63)82(52-20-4-3-5-21-52)68-33-13-11-31-64(68)79/h3-45H,1-2H3. The Labute approximate surface area is 495 Å². The molecule has 3 heterocycles. The summed E-state index contributed by atoms with van der Waals surface area (Å²) in [6, 6.07) is 97.6. The fourth-order valence-electron chi connectivity index (χ4n) is 14.5. The lowest BCUT2D eigenvalue weighted by molar-refractivity contribution is 0.665. The quantitative estimate of drug-likeness (QED) is 0.157. The first-order chi connectivity index (χ1) is 42.4. The van der Waals surface area contributed by atoms with E-state index in [0.717, 1.165) is 161 Å². The number of fused-ring (bicyclic) bond motifs is 19. The molecular weight excluding hydrogens is 1050 g/mol. The first kappa shape index (κ1) is 49.0. The zero-order valence-electron chi connectivity index (χ0n) is 46.9. The molecule has 17 rings (SSSR count). The third kappa shape index (κ3) is 6.82. The van der Waals surface area contributed by atoms with Gasteiger partial charge in [-0.3, -0.25) is 0 Å². The van der Waals surface area contributed by atoms with Gasteiger partial charge in [-0.15, -0.1) is 0 Å². The van der Waals surface area contributed by atoms with Gasteiger partial charge in [0.2, 0.25) is 0 Å². The molecule has 0 amide bonds. The molecule has 7 nitrogen and oxygen atoms in total. The van der Waals surface area contributed by atoms with E-state index >= 15 is 0 Å². The Kier molecular flexibility index (Phi) is 10.7. The predicted octanol–water partition coefficient (Wildman–Crippen LogP) is 21.2. The number of rotatable bonds is 7. The summed E-state index contributed by atoms with van der Waals surface area (Å²) in [6.07, 6.45) is 0. The van der Waals surface area contributed by atoms with Crippen molar-refractivity contribution in [2.45, 2.75) is 19.3 Å². The van der Waals surface area contributed by atoms with Gasteiger partial charge in [0.15, 0.2) is 11.2 Å². The molecule has 402 valence electrons. The summed E-state index contributed by atoms with van der Waals surface area (Å²) >= 11 is 0. The number of hydrogen-bond donors (Lipinski definition) is 0. The van der Waals surface area contributed by atoms with Gasteiger partial charge in [0.25, 0.3) is 0 Å². The summed E-state index contributed by atoms with van der Waals surface area (Å²) < 4.78 is 14.2. The normalized spacial score (nSPS) is 12.8. The Balaban J connectivity index is 1.04. The molecule has 1 spiro atoms. The van der Waals surface area contributed by atoms with Crippen molar-refractivity contribution in [2.75, 3.05) is 14.7 Å². The van der Waals surface area contributed by atoms with E-state index in [2.05, 4.69) is 277 Å². The highest BCUT2D eigenvalue weighted by Gasteiger charge is 2.54. The fraction of sp³-hybridized carbons (Fsp3) is 0.0380. The van der Waals surface area contributed by atoms with Crippen LogP contribution in [0.5, 0.6) is 0 Å². The molecule has 7 heteroatoms. The number of anilines is 9. The van der Waals surface area contributed by atoms with Crippen molar-refractivity contribution in [3.8, 4) is 23.3 Å². The van der Waals surface area contributed by atoms with Crippen LogP contribution in [0.2, 0.25) is 0 Å². The summed E-state index contributed by atoms with van der Waals surface area (Å²) in [6.45, 7) is 4.21. The lowest BCUT2D eigenvalue weighted by atomic mass is 9.64. The van der Waals surface area contributed by atoms with Crippen molar-refractivity contribution in [3.63, 3.8) is 0 Å². The van der Waals surface area contributed by atoms with E-state index in [9.17, 15) is 10.5 Å². The van der Waals surface area contributed by atoms with E-state index in [4.69, 9.17) is 8.83 Å². The first-order valence-corrected chi connectivity index (χ1v) is 29.0. The van der Waals surface area contributed by atoms with E-state index < -0.39 is 5.41 Å². The van der Waals surface area contributed by atoms with Crippen LogP contribution in [0.15, 0.2) is 270 Å². The number of aryl methyl sites for hydroxylation is 2. The molecule has 0 N–H and O–H groups in total. The van der Waals surface area contributed by atoms with Crippen LogP contribution in [0.1, 0.15) is 44.5 Å². The molecule has 15 aromatic rings. The molecule has 13 aromatic carbocycles. The number of nitriles is 2. The van der Waals surface area contributed by atoms with Crippen LogP contribution in [0.3, 0.4) is 0 Å². The number of hydrogen-bond acceptors (Lipinski definition) is 7. The van der Waals surface area contributed by atoms with Gasteiger partial charge < -0.3 is 23.5 Å². The third-order valence-electron chi connectivity index (χ3n) is 18.1. The molecule has 86 heavy (non-hydrogen) atoms. The molecule has 2 aromatic heterocycles. The highest BCUT2D eigenvalue weighted by atomic mass is 16.3. The van der Waals surface area contributed by atoms with E-state index in [0.29, 0.717) is 11.1 Å². The zero-order valence-corrected chi connectivity index (χ0v) is 46.9. The Morgan fingerprint density at radius 3 is 1.15 bits per heavy atom. The Bertz CT molecular complexity index is 5110. The van der Waals surface area contributed by atoms with E-state index in [-0.39, 0.29) is 0 Å². The van der Waals surface area contributed by atoms with Gasteiger partial charge in [0.05, 0.1) is 62.8 Å². The summed E-state index contributed by atoms with van der Waals surface area (Å²) in [7, 11) is 0. The Morgan fingerprint density at radius 2 is 0.709 bits per heavy atom. The lowest BCUT2D eigenvalue weighted by Gasteiger charge is -2.45. The topological polar surface area (TPSA) is 83.6 Å². The van der Waals surface area contributed by atoms with Crippen molar-refractivity contribution in [3.05, 3.63) is 305 Å². The molecule has 0 atom stereocenters. The molecule has 0 radical (unpaired) electrons. The largest absolute Gasteiger partial charge is 0.454 e. The summed E-state index contributed by atoms with van der Waals surface area (Å²) in [5.41, 5.74) is 20.9. The number of benzene rings is 13. The monoisotopic (exact) mass is 1100 g/mol. The molecule has 0 unspecified atom stereocenters. The minimum absolute atomic E-state index is 0.572. The minimum atomic E-state index is -0.974. The maximum atomic E-state index is 10.2. The van der Waals surface area contributed by atoms with Crippen LogP contribution in [0, 0.1) is 36.5 Å². The van der Waals surface area contributed by atoms with Crippen LogP contribution < -0.4 is 14.7 Å². The minimum Gasteiger partial charge on any atom is -0.454 e. The van der Waals surface area contributed by atoms with Crippen LogP contribution in [0.25, 0.3) is 76.5 Å². The van der Waals surface area contributed by atoms with Gasteiger partial charge >= 0.3 is 0 Å². The number of nitrogens with zero attached hydrogens (tertiary/aromatic N) is 5. The van der Waals surface area contributed by atoms with E-state index in [1.165, 1.54) is 0 Å². The van der Waals surface area contributed by atoms with Gasteiger partial charge in [0, 0.05) is 49.4 Å². The van der Waals surface area contributed by atoms with Crippen molar-refractivity contribution in [1.82, 2.24) is 0 Å². The van der Waals surface area contributed by atoms with Crippen molar-refractivity contribution >= 4 is 117 Å². The molecule has 0 fully saturated rings. The zero-order chi connectivity index (χ0) is 57.4. The summed E-state index contributed by atoms with van der Waals surface area (Å²) in [4.78, 5) is 7.13. The van der Waals surface area contributed by atoms with Crippen molar-refractivity contribution in [2.24, 2.45) is 0 Å². The van der Waals surface area contributed by atoms with Crippen LogP contribution in [-0.4, -0.2) is 0 Å². The average molecular weight is 1100 g/mol. The maximum Gasteiger partial charge on any atom is 0.159 e. The second-order valence-corrected chi connectivity index (χ2v) is 22.6. The van der Waals surface area contributed by atoms with Gasteiger partial charge in [-0.25, -0.2) is 0 Å². The summed E-state index contributed by atoms with van der Waals surface area (Å²) in [5, 5.41) is 28.9. The van der Waals surface area contributed by atoms with Crippen LogP contribution >= 0.6 is 0 Å². The van der Waals surface area contributed by atoms with Crippen LogP contribution in [-0.2, 0) is 5.41 Å². The SMILES string of the molecule is Cc1cccc2c1oc1c(N(c3ccc(C#N)cc3)c3cc4c(c5ccccc35)-c3c(cc(N(c5ccc(C#N)cc5)c5cccc6c5oc5c(C)cccc56)c5ccccc35)C43c4ccccc4N(c4ccccc4)c4ccccc43)cccc12. The highest BCUT2D eigenvalue weighted by Crippen LogP contribution is 2.67. The van der Waals surface area contributed by atoms with Gasteiger partial charge in [-0.1, -0.05) is 164 Å². The molecule has 2 aliphatic rings. The van der Waals surface area contributed by atoms with E-state index in [1.807, 2.05) is 24.3 Å². The molecule has 1 aliphatic carbocycles. The lowest BCUT2D eigenvalue weighted by Crippen LogP contribution is -2.36. The third-order valence-corrected chi connectivity index (χ3v) is 18.1. The molecular formula is C79H49N5O2. The predicted molar refractivity (Wildman–Crippen MR) is 350 cm³/mol. The van der Waals surface area contributed by atoms with E-state index in [1.54, 1.807) is 0 Å². The second kappa shape index (κ2) is 18.7. The Hall–Kier alpha value is -11.6. The molecule has 0 bridgehead atoms.